The molecule has 2 amide bonds. The number of hydrogen-bond donors (Lipinski definition) is 2. The standard InChI is InChI=1S/C18H21N3O4S/c1-2-25-18(23)21-10-8-13(9-11-21)17-19-14(12-6-4-3-5-7-12)15(26-17)16(22)20-24/h3-7,13,24H,2,8-11H2,1H3,(H,20,22). The predicted molar refractivity (Wildman–Crippen MR) is 97.4 cm³/mol. The monoisotopic (exact) mass is 375 g/mol. The fourth-order valence-corrected chi connectivity index (χ4v) is 4.18. The third kappa shape index (κ3) is 3.86. The highest BCUT2D eigenvalue weighted by Gasteiger charge is 2.29. The van der Waals surface area contributed by atoms with Gasteiger partial charge in [-0.2, -0.15) is 0 Å². The molecule has 1 aliphatic rings. The van der Waals surface area contributed by atoms with Gasteiger partial charge in [0.25, 0.3) is 5.91 Å². The van der Waals surface area contributed by atoms with Crippen molar-refractivity contribution in [2.75, 3.05) is 19.7 Å². The second-order valence-corrected chi connectivity index (χ2v) is 7.03. The van der Waals surface area contributed by atoms with Crippen molar-refractivity contribution in [3.05, 3.63) is 40.2 Å². The number of benzene rings is 1. The Kier molecular flexibility index (Phi) is 5.85. The van der Waals surface area contributed by atoms with Gasteiger partial charge >= 0.3 is 6.09 Å². The van der Waals surface area contributed by atoms with E-state index in [0.29, 0.717) is 30.3 Å². The predicted octanol–water partition coefficient (Wildman–Crippen LogP) is 3.27. The van der Waals surface area contributed by atoms with E-state index in [1.54, 1.807) is 17.3 Å². The first-order valence-electron chi connectivity index (χ1n) is 8.56. The molecule has 1 aliphatic heterocycles. The number of piperidine rings is 1. The largest absolute Gasteiger partial charge is 0.450 e. The maximum absolute atomic E-state index is 12.1. The number of carbonyl (C=O) groups excluding carboxylic acids is 2. The SMILES string of the molecule is CCOC(=O)N1CCC(c2nc(-c3ccccc3)c(C(=O)NO)s2)CC1. The van der Waals surface area contributed by atoms with E-state index in [1.165, 1.54) is 11.3 Å². The summed E-state index contributed by atoms with van der Waals surface area (Å²) < 4.78 is 5.04. The molecule has 2 heterocycles. The number of nitrogens with zero attached hydrogens (tertiary/aromatic N) is 2. The average Bonchev–Trinajstić information content (AvgIpc) is 3.14. The van der Waals surface area contributed by atoms with E-state index in [4.69, 9.17) is 14.9 Å². The van der Waals surface area contributed by atoms with E-state index in [2.05, 4.69) is 0 Å². The van der Waals surface area contributed by atoms with Gasteiger partial charge in [0.05, 0.1) is 17.3 Å². The van der Waals surface area contributed by atoms with Gasteiger partial charge in [0, 0.05) is 24.6 Å². The van der Waals surface area contributed by atoms with E-state index in [1.807, 2.05) is 30.3 Å². The van der Waals surface area contributed by atoms with Gasteiger partial charge in [-0.05, 0) is 19.8 Å². The maximum Gasteiger partial charge on any atom is 0.409 e. The first-order valence-corrected chi connectivity index (χ1v) is 9.38. The van der Waals surface area contributed by atoms with Crippen LogP contribution in [-0.4, -0.2) is 46.8 Å². The lowest BCUT2D eigenvalue weighted by Crippen LogP contribution is -2.38. The van der Waals surface area contributed by atoms with Gasteiger partial charge < -0.3 is 9.64 Å². The van der Waals surface area contributed by atoms with Crippen LogP contribution in [0.3, 0.4) is 0 Å². The highest BCUT2D eigenvalue weighted by Crippen LogP contribution is 2.36. The second kappa shape index (κ2) is 8.29. The highest BCUT2D eigenvalue weighted by atomic mass is 32.1. The van der Waals surface area contributed by atoms with Gasteiger partial charge in [-0.25, -0.2) is 15.3 Å². The molecule has 8 heteroatoms. The minimum atomic E-state index is -0.559. The van der Waals surface area contributed by atoms with Crippen molar-refractivity contribution in [1.29, 1.82) is 0 Å². The Morgan fingerprint density at radius 1 is 1.31 bits per heavy atom. The minimum absolute atomic E-state index is 0.174. The van der Waals surface area contributed by atoms with Crippen molar-refractivity contribution in [3.63, 3.8) is 0 Å². The van der Waals surface area contributed by atoms with Crippen molar-refractivity contribution >= 4 is 23.3 Å². The van der Waals surface area contributed by atoms with Crippen LogP contribution in [-0.2, 0) is 4.74 Å². The molecular weight excluding hydrogens is 354 g/mol. The molecule has 0 radical (unpaired) electrons. The number of aromatic nitrogens is 1. The molecule has 26 heavy (non-hydrogen) atoms. The van der Waals surface area contributed by atoms with Crippen molar-refractivity contribution in [2.45, 2.75) is 25.7 Å². The summed E-state index contributed by atoms with van der Waals surface area (Å²) in [5, 5.41) is 9.90. The molecule has 1 aromatic heterocycles. The summed E-state index contributed by atoms with van der Waals surface area (Å²) in [4.78, 5) is 30.7. The zero-order chi connectivity index (χ0) is 18.5. The van der Waals surface area contributed by atoms with Crippen LogP contribution in [0.25, 0.3) is 11.3 Å². The summed E-state index contributed by atoms with van der Waals surface area (Å²) in [7, 11) is 0. The van der Waals surface area contributed by atoms with Crippen molar-refractivity contribution < 1.29 is 19.5 Å². The fourth-order valence-electron chi connectivity index (χ4n) is 3.03. The van der Waals surface area contributed by atoms with Gasteiger partial charge in [-0.15, -0.1) is 11.3 Å². The van der Waals surface area contributed by atoms with Gasteiger partial charge in [-0.3, -0.25) is 10.0 Å². The van der Waals surface area contributed by atoms with E-state index in [0.717, 1.165) is 23.4 Å². The number of nitrogens with one attached hydrogen (secondary N) is 1. The lowest BCUT2D eigenvalue weighted by atomic mass is 9.98. The highest BCUT2D eigenvalue weighted by molar-refractivity contribution is 7.14. The molecule has 138 valence electrons. The zero-order valence-electron chi connectivity index (χ0n) is 14.5. The Labute approximate surface area is 155 Å². The summed E-state index contributed by atoms with van der Waals surface area (Å²) in [6, 6.07) is 9.43. The Balaban J connectivity index is 1.80. The number of likely N-dealkylation sites (tertiary alicyclic amines) is 1. The number of rotatable bonds is 4. The Morgan fingerprint density at radius 3 is 2.62 bits per heavy atom. The molecule has 0 aliphatic carbocycles. The molecule has 2 N–H and O–H groups in total. The maximum atomic E-state index is 12.1. The van der Waals surface area contributed by atoms with Crippen LogP contribution in [0, 0.1) is 0 Å². The Hall–Kier alpha value is -2.45. The molecule has 1 saturated heterocycles. The number of hydroxylamine groups is 1. The number of hydrogen-bond acceptors (Lipinski definition) is 6. The van der Waals surface area contributed by atoms with Crippen LogP contribution in [0.15, 0.2) is 30.3 Å². The summed E-state index contributed by atoms with van der Waals surface area (Å²) in [6.45, 7) is 3.36. The first kappa shape index (κ1) is 18.3. The van der Waals surface area contributed by atoms with Crippen LogP contribution >= 0.6 is 11.3 Å². The van der Waals surface area contributed by atoms with E-state index >= 15 is 0 Å². The van der Waals surface area contributed by atoms with Gasteiger partial charge in [0.1, 0.15) is 4.88 Å². The number of amides is 2. The van der Waals surface area contributed by atoms with Gasteiger partial charge in [0.15, 0.2) is 0 Å². The molecule has 7 nitrogen and oxygen atoms in total. The molecule has 0 bridgehead atoms. The molecule has 0 spiro atoms. The van der Waals surface area contributed by atoms with Crippen molar-refractivity contribution in [2.24, 2.45) is 0 Å². The van der Waals surface area contributed by atoms with Crippen LogP contribution in [0.2, 0.25) is 0 Å². The third-order valence-corrected chi connectivity index (χ3v) is 5.59. The zero-order valence-corrected chi connectivity index (χ0v) is 15.3. The van der Waals surface area contributed by atoms with E-state index in [9.17, 15) is 9.59 Å². The van der Waals surface area contributed by atoms with E-state index in [-0.39, 0.29) is 12.0 Å². The summed E-state index contributed by atoms with van der Waals surface area (Å²) in [5.41, 5.74) is 3.11. The quantitative estimate of drug-likeness (QED) is 0.632. The molecule has 1 aromatic carbocycles. The number of ether oxygens (including phenoxy) is 1. The number of carbonyl (C=O) groups is 2. The van der Waals surface area contributed by atoms with Crippen LogP contribution in [0.4, 0.5) is 4.79 Å². The molecule has 0 saturated carbocycles. The van der Waals surface area contributed by atoms with E-state index < -0.39 is 5.91 Å². The van der Waals surface area contributed by atoms with Crippen molar-refractivity contribution in [3.8, 4) is 11.3 Å². The topological polar surface area (TPSA) is 91.8 Å². The van der Waals surface area contributed by atoms with Crippen molar-refractivity contribution in [1.82, 2.24) is 15.4 Å². The van der Waals surface area contributed by atoms with Gasteiger partial charge in [0.2, 0.25) is 0 Å². The molecule has 2 aromatic rings. The van der Waals surface area contributed by atoms with Crippen LogP contribution < -0.4 is 5.48 Å². The Morgan fingerprint density at radius 2 is 2.00 bits per heavy atom. The summed E-state index contributed by atoms with van der Waals surface area (Å²) in [5.74, 6) is -0.384. The molecule has 1 fully saturated rings. The minimum Gasteiger partial charge on any atom is -0.450 e. The summed E-state index contributed by atoms with van der Waals surface area (Å²) in [6.07, 6.45) is 1.25. The van der Waals surface area contributed by atoms with Crippen LogP contribution in [0.1, 0.15) is 40.4 Å². The molecule has 3 rings (SSSR count). The summed E-state index contributed by atoms with van der Waals surface area (Å²) >= 11 is 1.30. The van der Waals surface area contributed by atoms with Crippen LogP contribution in [0.5, 0.6) is 0 Å². The smallest absolute Gasteiger partial charge is 0.409 e. The fraction of sp³-hybridized carbons (Fsp3) is 0.389. The molecular formula is C18H21N3O4S. The molecule has 0 atom stereocenters. The lowest BCUT2D eigenvalue weighted by Gasteiger charge is -2.30. The van der Waals surface area contributed by atoms with Gasteiger partial charge in [-0.1, -0.05) is 30.3 Å². The molecule has 0 unspecified atom stereocenters. The Bertz CT molecular complexity index is 770. The normalized spacial score (nSPS) is 14.9. The third-order valence-electron chi connectivity index (χ3n) is 4.37. The first-order chi connectivity index (χ1) is 12.6. The lowest BCUT2D eigenvalue weighted by molar-refractivity contribution is 0.0711. The average molecular weight is 375 g/mol. The second-order valence-electron chi connectivity index (χ2n) is 6.00. The number of thiazole rings is 1.